The second-order valence-electron chi connectivity index (χ2n) is 6.70. The van der Waals surface area contributed by atoms with Gasteiger partial charge >= 0.3 is 0 Å². The van der Waals surface area contributed by atoms with Gasteiger partial charge in [0.25, 0.3) is 16.8 Å². The predicted octanol–water partition coefficient (Wildman–Crippen LogP) is 2.02. The van der Waals surface area contributed by atoms with E-state index in [4.69, 9.17) is 0 Å². The van der Waals surface area contributed by atoms with E-state index < -0.39 is 16.0 Å². The molecule has 3 aromatic rings. The number of nitro groups is 1. The molecular formula is C18H16N4O5. The van der Waals surface area contributed by atoms with Crippen LogP contribution in [0.5, 0.6) is 5.75 Å². The highest BCUT2D eigenvalue weighted by Crippen LogP contribution is 2.36. The minimum Gasteiger partial charge on any atom is -0.507 e. The molecule has 1 fully saturated rings. The second-order valence-corrected chi connectivity index (χ2v) is 6.70. The van der Waals surface area contributed by atoms with Gasteiger partial charge in [-0.3, -0.25) is 19.7 Å². The Morgan fingerprint density at radius 2 is 1.96 bits per heavy atom. The zero-order valence-corrected chi connectivity index (χ0v) is 14.7. The summed E-state index contributed by atoms with van der Waals surface area (Å²) < 4.78 is 2.56. The van der Waals surface area contributed by atoms with Crippen molar-refractivity contribution in [3.8, 4) is 17.0 Å². The number of benzene rings is 1. The van der Waals surface area contributed by atoms with Crippen LogP contribution in [0.25, 0.3) is 22.2 Å². The van der Waals surface area contributed by atoms with E-state index in [2.05, 4.69) is 5.10 Å². The summed E-state index contributed by atoms with van der Waals surface area (Å²) in [5.74, 6) is -0.374. The van der Waals surface area contributed by atoms with E-state index in [-0.39, 0.29) is 39.6 Å². The maximum Gasteiger partial charge on any atom is 0.280 e. The molecule has 2 aromatic heterocycles. The van der Waals surface area contributed by atoms with Crippen molar-refractivity contribution in [2.24, 2.45) is 7.05 Å². The monoisotopic (exact) mass is 368 g/mol. The molecule has 0 aliphatic heterocycles. The Labute approximate surface area is 152 Å². The van der Waals surface area contributed by atoms with Crippen LogP contribution in [0, 0.1) is 17.0 Å². The lowest BCUT2D eigenvalue weighted by molar-refractivity contribution is -0.384. The Hall–Kier alpha value is -3.49. The number of nitro benzene ring substituents is 1. The number of nitrogens with zero attached hydrogens (tertiary/aromatic N) is 4. The van der Waals surface area contributed by atoms with Gasteiger partial charge in [-0.15, -0.1) is 0 Å². The molecule has 0 atom stereocenters. The summed E-state index contributed by atoms with van der Waals surface area (Å²) in [6.07, 6.45) is 1.58. The van der Waals surface area contributed by atoms with Crippen LogP contribution in [-0.4, -0.2) is 24.4 Å². The summed E-state index contributed by atoms with van der Waals surface area (Å²) >= 11 is 0. The second kappa shape index (κ2) is 5.76. The summed E-state index contributed by atoms with van der Waals surface area (Å²) in [6.45, 7) is 1.45. The third kappa shape index (κ3) is 2.50. The first-order valence-electron chi connectivity index (χ1n) is 8.41. The fourth-order valence-corrected chi connectivity index (χ4v) is 3.24. The van der Waals surface area contributed by atoms with Crippen LogP contribution < -0.4 is 11.1 Å². The van der Waals surface area contributed by atoms with E-state index >= 15 is 0 Å². The van der Waals surface area contributed by atoms with E-state index in [0.29, 0.717) is 5.56 Å². The topological polar surface area (TPSA) is 120 Å². The van der Waals surface area contributed by atoms with Gasteiger partial charge in [0, 0.05) is 24.7 Å². The molecule has 1 aromatic carbocycles. The predicted molar refractivity (Wildman–Crippen MR) is 98.0 cm³/mol. The van der Waals surface area contributed by atoms with Gasteiger partial charge < -0.3 is 9.67 Å². The Balaban J connectivity index is 2.19. The van der Waals surface area contributed by atoms with E-state index in [9.17, 15) is 24.8 Å². The average Bonchev–Trinajstić information content (AvgIpc) is 3.49. The van der Waals surface area contributed by atoms with Crippen molar-refractivity contribution in [2.45, 2.75) is 25.8 Å². The van der Waals surface area contributed by atoms with E-state index in [1.165, 1.54) is 41.4 Å². The highest BCUT2D eigenvalue weighted by molar-refractivity contribution is 5.95. The third-order valence-corrected chi connectivity index (χ3v) is 4.87. The molecule has 9 nitrogen and oxygen atoms in total. The lowest BCUT2D eigenvalue weighted by Crippen LogP contribution is -2.28. The number of hydrogen-bond donors (Lipinski definition) is 1. The van der Waals surface area contributed by atoms with Crippen LogP contribution in [0.2, 0.25) is 0 Å². The molecule has 2 heterocycles. The van der Waals surface area contributed by atoms with E-state index in [0.717, 1.165) is 12.8 Å². The summed E-state index contributed by atoms with van der Waals surface area (Å²) in [5, 5.41) is 26.1. The molecule has 1 saturated carbocycles. The molecule has 27 heavy (non-hydrogen) atoms. The number of hydrogen-bond acceptors (Lipinski definition) is 6. The maximum atomic E-state index is 12.9. The Morgan fingerprint density at radius 3 is 2.59 bits per heavy atom. The molecule has 9 heteroatoms. The largest absolute Gasteiger partial charge is 0.507 e. The molecule has 0 amide bonds. The molecular weight excluding hydrogens is 352 g/mol. The number of aryl methyl sites for hydroxylation is 1. The van der Waals surface area contributed by atoms with Crippen LogP contribution >= 0.6 is 0 Å². The van der Waals surface area contributed by atoms with Crippen molar-refractivity contribution in [3.63, 3.8) is 0 Å². The molecule has 1 aliphatic rings. The van der Waals surface area contributed by atoms with Gasteiger partial charge in [-0.2, -0.15) is 5.10 Å². The Kier molecular flexibility index (Phi) is 3.62. The molecule has 1 N–H and O–H groups in total. The number of fused-ring (bicyclic) bond motifs is 1. The lowest BCUT2D eigenvalue weighted by atomic mass is 10.1. The van der Waals surface area contributed by atoms with Crippen molar-refractivity contribution in [2.75, 3.05) is 0 Å². The van der Waals surface area contributed by atoms with Gasteiger partial charge in [-0.05, 0) is 19.8 Å². The van der Waals surface area contributed by atoms with Gasteiger partial charge in [0.15, 0.2) is 0 Å². The Morgan fingerprint density at radius 1 is 1.26 bits per heavy atom. The standard InChI is InChI=1S/C18H16N4O5/c1-9-16(23)13-15(20(2)17(9)24)14(19-21(18(13)25)11-6-7-11)10-4-3-5-12(8-10)22(26)27/h3-5,8,11,23H,6-7H2,1-2H3. The molecule has 1 aliphatic carbocycles. The maximum absolute atomic E-state index is 12.9. The molecule has 0 spiro atoms. The van der Waals surface area contributed by atoms with Crippen molar-refractivity contribution in [1.82, 2.24) is 14.3 Å². The van der Waals surface area contributed by atoms with Crippen molar-refractivity contribution < 1.29 is 10.0 Å². The Bertz CT molecular complexity index is 1240. The minimum absolute atomic E-state index is 0.00185. The summed E-state index contributed by atoms with van der Waals surface area (Å²) in [6, 6.07) is 5.75. The molecule has 0 unspecified atom stereocenters. The molecule has 138 valence electrons. The fourth-order valence-electron chi connectivity index (χ4n) is 3.24. The fraction of sp³-hybridized carbons (Fsp3) is 0.278. The first kappa shape index (κ1) is 17.0. The average molecular weight is 368 g/mol. The van der Waals surface area contributed by atoms with Crippen LogP contribution in [-0.2, 0) is 7.05 Å². The summed E-state index contributed by atoms with van der Waals surface area (Å²) in [5.41, 5.74) is -0.203. The number of aromatic hydroxyl groups is 1. The normalized spacial score (nSPS) is 13.9. The highest BCUT2D eigenvalue weighted by atomic mass is 16.6. The van der Waals surface area contributed by atoms with Crippen molar-refractivity contribution in [3.05, 3.63) is 60.7 Å². The number of non-ortho nitro benzene ring substituents is 1. The number of pyridine rings is 1. The van der Waals surface area contributed by atoms with Gasteiger partial charge in [0.1, 0.15) is 16.8 Å². The SMILES string of the molecule is Cc1c(O)c2c(=O)n(C3CC3)nc(-c3cccc([N+](=O)[O-])c3)c2n(C)c1=O. The first-order chi connectivity index (χ1) is 12.8. The molecule has 0 saturated heterocycles. The van der Waals surface area contributed by atoms with E-state index in [1.54, 1.807) is 6.07 Å². The van der Waals surface area contributed by atoms with Crippen LogP contribution in [0.15, 0.2) is 33.9 Å². The minimum atomic E-state index is -0.525. The van der Waals surface area contributed by atoms with Gasteiger partial charge in [0.2, 0.25) is 0 Å². The van der Waals surface area contributed by atoms with Crippen molar-refractivity contribution in [1.29, 1.82) is 0 Å². The smallest absolute Gasteiger partial charge is 0.280 e. The summed E-state index contributed by atoms with van der Waals surface area (Å²) in [4.78, 5) is 36.0. The quantitative estimate of drug-likeness (QED) is 0.558. The molecule has 0 bridgehead atoms. The summed E-state index contributed by atoms with van der Waals surface area (Å²) in [7, 11) is 1.49. The van der Waals surface area contributed by atoms with Gasteiger partial charge in [0.05, 0.1) is 22.0 Å². The van der Waals surface area contributed by atoms with Gasteiger partial charge in [-0.1, -0.05) is 12.1 Å². The number of aromatic nitrogens is 3. The van der Waals surface area contributed by atoms with E-state index in [1.807, 2.05) is 0 Å². The lowest BCUT2D eigenvalue weighted by Gasteiger charge is -2.15. The zero-order valence-electron chi connectivity index (χ0n) is 14.7. The number of rotatable bonds is 3. The first-order valence-corrected chi connectivity index (χ1v) is 8.41. The van der Waals surface area contributed by atoms with Crippen LogP contribution in [0.3, 0.4) is 0 Å². The van der Waals surface area contributed by atoms with Crippen molar-refractivity contribution >= 4 is 16.6 Å². The molecule has 0 radical (unpaired) electrons. The van der Waals surface area contributed by atoms with Crippen LogP contribution in [0.1, 0.15) is 24.4 Å². The van der Waals surface area contributed by atoms with Gasteiger partial charge in [-0.25, -0.2) is 4.68 Å². The third-order valence-electron chi connectivity index (χ3n) is 4.87. The van der Waals surface area contributed by atoms with Crippen LogP contribution in [0.4, 0.5) is 5.69 Å². The zero-order chi connectivity index (χ0) is 19.5. The molecule has 4 rings (SSSR count). The highest BCUT2D eigenvalue weighted by Gasteiger charge is 2.30.